The molecule has 1 heterocycles. The molecule has 0 bridgehead atoms. The first-order valence-corrected chi connectivity index (χ1v) is 6.26. The number of nitrogens with two attached hydrogens (primary N) is 1. The lowest BCUT2D eigenvalue weighted by Crippen LogP contribution is -2.40. The smallest absolute Gasteiger partial charge is 0.265 e. The van der Waals surface area contributed by atoms with Gasteiger partial charge in [0.05, 0.1) is 5.69 Å². The first kappa shape index (κ1) is 12.3. The summed E-state index contributed by atoms with van der Waals surface area (Å²) in [6.07, 6.45) is 0.802. The Morgan fingerprint density at radius 1 is 1.47 bits per heavy atom. The Hall–Kier alpha value is -1.20. The number of benzene rings is 1. The third-order valence-corrected chi connectivity index (χ3v) is 2.92. The Bertz CT molecular complexity index is 423. The van der Waals surface area contributed by atoms with Gasteiger partial charge in [-0.3, -0.25) is 4.79 Å². The van der Waals surface area contributed by atoms with E-state index >= 15 is 0 Å². The molecule has 1 aliphatic rings. The average molecular weight is 252 g/mol. The van der Waals surface area contributed by atoms with Crippen molar-refractivity contribution in [3.8, 4) is 5.75 Å². The molecule has 0 aliphatic carbocycles. The number of hydrogen-bond acceptors (Lipinski definition) is 4. The topological polar surface area (TPSA) is 55.6 Å². The largest absolute Gasteiger partial charge is 0.482 e. The fraction of sp³-hybridized carbons (Fsp3) is 0.417. The predicted molar refractivity (Wildman–Crippen MR) is 70.9 cm³/mol. The zero-order valence-corrected chi connectivity index (χ0v) is 10.5. The van der Waals surface area contributed by atoms with E-state index in [0.29, 0.717) is 18.8 Å². The summed E-state index contributed by atoms with van der Waals surface area (Å²) < 4.78 is 5.40. The van der Waals surface area contributed by atoms with Gasteiger partial charge in [-0.25, -0.2) is 0 Å². The minimum absolute atomic E-state index is 0.0172. The number of nitrogens with zero attached hydrogens (tertiary/aromatic N) is 1. The molecular formula is C12H16N2O2S. The van der Waals surface area contributed by atoms with Crippen molar-refractivity contribution in [1.82, 2.24) is 0 Å². The first-order valence-electron chi connectivity index (χ1n) is 5.63. The lowest BCUT2D eigenvalue weighted by molar-refractivity contribution is -0.121. The fourth-order valence-electron chi connectivity index (χ4n) is 1.92. The molecule has 0 radical (unpaired) electrons. The van der Waals surface area contributed by atoms with E-state index in [4.69, 9.17) is 10.5 Å². The SMILES string of the molecule is NCCc1ccc2c(c1)N(CCS)C(=O)CO2. The van der Waals surface area contributed by atoms with Crippen LogP contribution in [0, 0.1) is 0 Å². The zero-order chi connectivity index (χ0) is 12.3. The summed E-state index contributed by atoms with van der Waals surface area (Å²) in [7, 11) is 0. The van der Waals surface area contributed by atoms with Crippen LogP contribution >= 0.6 is 12.6 Å². The molecule has 2 rings (SSSR count). The van der Waals surface area contributed by atoms with E-state index in [1.165, 1.54) is 0 Å². The Kier molecular flexibility index (Phi) is 3.91. The van der Waals surface area contributed by atoms with Crippen molar-refractivity contribution < 1.29 is 9.53 Å². The van der Waals surface area contributed by atoms with Gasteiger partial charge in [0, 0.05) is 12.3 Å². The average Bonchev–Trinajstić information content (AvgIpc) is 2.33. The number of amides is 1. The standard InChI is InChI=1S/C12H16N2O2S/c13-4-3-9-1-2-11-10(7-9)14(5-6-17)12(15)8-16-11/h1-2,7,17H,3-6,8,13H2. The molecule has 4 nitrogen and oxygen atoms in total. The van der Waals surface area contributed by atoms with Gasteiger partial charge in [0.1, 0.15) is 5.75 Å². The number of fused-ring (bicyclic) bond motifs is 1. The number of carbonyl (C=O) groups is 1. The molecule has 1 aromatic rings. The minimum atomic E-state index is -0.0172. The van der Waals surface area contributed by atoms with Crippen molar-refractivity contribution in [1.29, 1.82) is 0 Å². The highest BCUT2D eigenvalue weighted by atomic mass is 32.1. The van der Waals surface area contributed by atoms with Crippen molar-refractivity contribution in [3.63, 3.8) is 0 Å². The van der Waals surface area contributed by atoms with Gasteiger partial charge in [-0.15, -0.1) is 0 Å². The maximum atomic E-state index is 11.8. The van der Waals surface area contributed by atoms with Crippen molar-refractivity contribution in [3.05, 3.63) is 23.8 Å². The molecule has 0 saturated heterocycles. The van der Waals surface area contributed by atoms with E-state index in [2.05, 4.69) is 12.6 Å². The summed E-state index contributed by atoms with van der Waals surface area (Å²) in [6, 6.07) is 5.86. The molecule has 1 aliphatic heterocycles. The minimum Gasteiger partial charge on any atom is -0.482 e. The van der Waals surface area contributed by atoms with Crippen molar-refractivity contribution in [2.45, 2.75) is 6.42 Å². The quantitative estimate of drug-likeness (QED) is 0.781. The van der Waals surface area contributed by atoms with Gasteiger partial charge in [-0.2, -0.15) is 12.6 Å². The van der Waals surface area contributed by atoms with E-state index in [1.807, 2.05) is 18.2 Å². The molecule has 1 amide bonds. The van der Waals surface area contributed by atoms with Gasteiger partial charge in [0.15, 0.2) is 6.61 Å². The fourth-order valence-corrected chi connectivity index (χ4v) is 2.12. The summed E-state index contributed by atoms with van der Waals surface area (Å²) in [5.74, 6) is 1.37. The second kappa shape index (κ2) is 5.42. The lowest BCUT2D eigenvalue weighted by atomic mass is 10.1. The molecular weight excluding hydrogens is 236 g/mol. The highest BCUT2D eigenvalue weighted by Crippen LogP contribution is 2.32. The van der Waals surface area contributed by atoms with Crippen molar-refractivity contribution >= 4 is 24.2 Å². The molecule has 0 spiro atoms. The molecule has 2 N–H and O–H groups in total. The van der Waals surface area contributed by atoms with Crippen molar-refractivity contribution in [2.24, 2.45) is 5.73 Å². The number of ether oxygens (including phenoxy) is 1. The maximum absolute atomic E-state index is 11.8. The van der Waals surface area contributed by atoms with Crippen LogP contribution in [0.15, 0.2) is 18.2 Å². The molecule has 1 aromatic carbocycles. The second-order valence-electron chi connectivity index (χ2n) is 3.90. The third kappa shape index (κ3) is 2.56. The molecule has 0 atom stereocenters. The Morgan fingerprint density at radius 3 is 3.00 bits per heavy atom. The second-order valence-corrected chi connectivity index (χ2v) is 4.35. The summed E-state index contributed by atoms with van der Waals surface area (Å²) in [5.41, 5.74) is 7.49. The monoisotopic (exact) mass is 252 g/mol. The zero-order valence-electron chi connectivity index (χ0n) is 9.56. The molecule has 0 fully saturated rings. The number of rotatable bonds is 4. The van der Waals surface area contributed by atoms with Crippen LogP contribution in [0.3, 0.4) is 0 Å². The summed E-state index contributed by atoms with van der Waals surface area (Å²) in [6.45, 7) is 1.31. The Balaban J connectivity index is 2.34. The van der Waals surface area contributed by atoms with Crippen LogP contribution in [0.4, 0.5) is 5.69 Å². The summed E-state index contributed by atoms with van der Waals surface area (Å²) in [4.78, 5) is 13.5. The molecule has 0 unspecified atom stereocenters. The number of hydrogen-bond donors (Lipinski definition) is 2. The van der Waals surface area contributed by atoms with Crippen LogP contribution in [0.5, 0.6) is 5.75 Å². The van der Waals surface area contributed by atoms with Gasteiger partial charge >= 0.3 is 0 Å². The maximum Gasteiger partial charge on any atom is 0.265 e. The van der Waals surface area contributed by atoms with Crippen LogP contribution in [-0.4, -0.2) is 31.4 Å². The van der Waals surface area contributed by atoms with Crippen LogP contribution in [0.1, 0.15) is 5.56 Å². The normalized spacial score (nSPS) is 14.5. The molecule has 17 heavy (non-hydrogen) atoms. The molecule has 5 heteroatoms. The van der Waals surface area contributed by atoms with Crippen LogP contribution in [0.25, 0.3) is 0 Å². The highest BCUT2D eigenvalue weighted by Gasteiger charge is 2.24. The van der Waals surface area contributed by atoms with E-state index in [-0.39, 0.29) is 12.5 Å². The van der Waals surface area contributed by atoms with Crippen LogP contribution in [-0.2, 0) is 11.2 Å². The third-order valence-electron chi connectivity index (χ3n) is 2.72. The van der Waals surface area contributed by atoms with Crippen LogP contribution < -0.4 is 15.4 Å². The van der Waals surface area contributed by atoms with E-state index in [1.54, 1.807) is 4.90 Å². The number of anilines is 1. The predicted octanol–water partition coefficient (Wildman–Crippen LogP) is 0.843. The Morgan fingerprint density at radius 2 is 2.29 bits per heavy atom. The van der Waals surface area contributed by atoms with Gasteiger partial charge in [-0.1, -0.05) is 6.07 Å². The highest BCUT2D eigenvalue weighted by molar-refractivity contribution is 7.80. The van der Waals surface area contributed by atoms with Gasteiger partial charge in [-0.05, 0) is 30.7 Å². The number of thiol groups is 1. The van der Waals surface area contributed by atoms with E-state index in [9.17, 15) is 4.79 Å². The summed E-state index contributed by atoms with van der Waals surface area (Å²) in [5, 5.41) is 0. The molecule has 92 valence electrons. The van der Waals surface area contributed by atoms with E-state index in [0.717, 1.165) is 23.4 Å². The van der Waals surface area contributed by atoms with Gasteiger partial charge < -0.3 is 15.4 Å². The molecule has 0 aromatic heterocycles. The van der Waals surface area contributed by atoms with E-state index < -0.39 is 0 Å². The first-order chi connectivity index (χ1) is 8.26. The van der Waals surface area contributed by atoms with Crippen molar-refractivity contribution in [2.75, 3.05) is 30.3 Å². The summed E-state index contributed by atoms with van der Waals surface area (Å²) >= 11 is 4.18. The molecule has 0 saturated carbocycles. The number of carbonyl (C=O) groups excluding carboxylic acids is 1. The van der Waals surface area contributed by atoms with Crippen LogP contribution in [0.2, 0.25) is 0 Å². The van der Waals surface area contributed by atoms with Gasteiger partial charge in [0.2, 0.25) is 0 Å². The van der Waals surface area contributed by atoms with Gasteiger partial charge in [0.25, 0.3) is 5.91 Å². The Labute approximate surface area is 106 Å². The lowest BCUT2D eigenvalue weighted by Gasteiger charge is -2.29.